The number of rotatable bonds is 4. The summed E-state index contributed by atoms with van der Waals surface area (Å²) in [5.74, 6) is -0.634. The molecule has 2 aromatic carbocycles. The number of anilines is 1. The van der Waals surface area contributed by atoms with Gasteiger partial charge >= 0.3 is 0 Å². The highest BCUT2D eigenvalue weighted by Gasteiger charge is 2.04. The summed E-state index contributed by atoms with van der Waals surface area (Å²) in [6, 6.07) is 13.5. The molecule has 0 aliphatic rings. The largest absolute Gasteiger partial charge is 0.346 e. The molecular weight excluding hydrogens is 322 g/mol. The molecule has 2 amide bonds. The van der Waals surface area contributed by atoms with Crippen LogP contribution in [0.5, 0.6) is 0 Å². The van der Waals surface area contributed by atoms with Crippen LogP contribution in [0, 0.1) is 0 Å². The average molecular weight is 338 g/mol. The van der Waals surface area contributed by atoms with E-state index in [4.69, 9.17) is 5.73 Å². The zero-order valence-electron chi connectivity index (χ0n) is 10.8. The first-order chi connectivity index (χ1) is 9.19. The zero-order chi connectivity index (χ0) is 13.7. The highest BCUT2D eigenvalue weighted by atomic mass is 79.9. The Morgan fingerprint density at radius 2 is 1.70 bits per heavy atom. The Labute approximate surface area is 127 Å². The number of amides is 2. The Hall–Kier alpha value is -1.92. The van der Waals surface area contributed by atoms with Crippen LogP contribution in [0.15, 0.2) is 42.5 Å². The maximum Gasteiger partial charge on any atom is 0.243 e. The van der Waals surface area contributed by atoms with Gasteiger partial charge in [0.25, 0.3) is 0 Å². The number of carbonyl (C=O) groups is 2. The molecule has 0 aliphatic carbocycles. The summed E-state index contributed by atoms with van der Waals surface area (Å²) < 4.78 is 0. The maximum absolute atomic E-state index is 11.6. The topological polar surface area (TPSA) is 84.2 Å². The molecule has 0 atom stereocenters. The van der Waals surface area contributed by atoms with Crippen molar-refractivity contribution >= 4 is 45.3 Å². The van der Waals surface area contributed by atoms with Crippen LogP contribution in [0.2, 0.25) is 0 Å². The smallest absolute Gasteiger partial charge is 0.243 e. The van der Waals surface area contributed by atoms with Gasteiger partial charge in [-0.2, -0.15) is 0 Å². The third-order valence-corrected chi connectivity index (χ3v) is 2.66. The van der Waals surface area contributed by atoms with Crippen LogP contribution in [0.25, 0.3) is 10.8 Å². The summed E-state index contributed by atoms with van der Waals surface area (Å²) >= 11 is 0. The van der Waals surface area contributed by atoms with E-state index in [1.807, 2.05) is 42.5 Å². The van der Waals surface area contributed by atoms with Gasteiger partial charge in [-0.15, -0.1) is 17.0 Å². The number of halogens is 1. The van der Waals surface area contributed by atoms with Crippen LogP contribution < -0.4 is 16.4 Å². The predicted octanol–water partition coefficient (Wildman–Crippen LogP) is 1.43. The monoisotopic (exact) mass is 337 g/mol. The van der Waals surface area contributed by atoms with Crippen molar-refractivity contribution in [3.63, 3.8) is 0 Å². The second-order valence-corrected chi connectivity index (χ2v) is 4.09. The lowest BCUT2D eigenvalue weighted by Gasteiger charge is -2.07. The number of nitrogens with two attached hydrogens (primary N) is 1. The molecule has 0 unspecified atom stereocenters. The van der Waals surface area contributed by atoms with Crippen LogP contribution >= 0.6 is 17.0 Å². The fraction of sp³-hybridized carbons (Fsp3) is 0.143. The summed E-state index contributed by atoms with van der Waals surface area (Å²) in [5.41, 5.74) is 5.83. The van der Waals surface area contributed by atoms with Gasteiger partial charge in [0, 0.05) is 5.69 Å². The number of fused-ring (bicyclic) bond motifs is 1. The van der Waals surface area contributed by atoms with E-state index in [0.29, 0.717) is 5.69 Å². The standard InChI is InChI=1S/C14H15N3O2.BrH/c15-8-13(18)16-9-14(19)17-12-6-5-10-3-1-2-4-11(10)7-12;/h1-7H,8-9,15H2,(H,16,18)(H,17,19);1H. The summed E-state index contributed by atoms with van der Waals surface area (Å²) in [6.45, 7) is -0.202. The van der Waals surface area contributed by atoms with E-state index in [9.17, 15) is 9.59 Å². The van der Waals surface area contributed by atoms with Crippen molar-refractivity contribution in [2.24, 2.45) is 5.73 Å². The number of hydrogen-bond donors (Lipinski definition) is 3. The van der Waals surface area contributed by atoms with E-state index in [-0.39, 0.29) is 41.9 Å². The molecule has 106 valence electrons. The Morgan fingerprint density at radius 1 is 1.00 bits per heavy atom. The average Bonchev–Trinajstić information content (AvgIpc) is 2.44. The van der Waals surface area contributed by atoms with Gasteiger partial charge in [-0.1, -0.05) is 30.3 Å². The van der Waals surface area contributed by atoms with E-state index in [1.165, 1.54) is 0 Å². The minimum Gasteiger partial charge on any atom is -0.346 e. The normalized spacial score (nSPS) is 9.65. The summed E-state index contributed by atoms with van der Waals surface area (Å²) in [5, 5.41) is 7.29. The molecule has 0 fully saturated rings. The molecule has 5 nitrogen and oxygen atoms in total. The van der Waals surface area contributed by atoms with Gasteiger partial charge in [-0.25, -0.2) is 0 Å². The van der Waals surface area contributed by atoms with Crippen molar-refractivity contribution in [3.8, 4) is 0 Å². The molecule has 0 saturated heterocycles. The second-order valence-electron chi connectivity index (χ2n) is 4.09. The first-order valence-corrected chi connectivity index (χ1v) is 5.94. The third kappa shape index (κ3) is 4.32. The van der Waals surface area contributed by atoms with Crippen molar-refractivity contribution in [3.05, 3.63) is 42.5 Å². The Kier molecular flexibility index (Phi) is 6.14. The lowest BCUT2D eigenvalue weighted by Crippen LogP contribution is -2.36. The lowest BCUT2D eigenvalue weighted by atomic mass is 10.1. The molecule has 20 heavy (non-hydrogen) atoms. The molecule has 6 heteroatoms. The van der Waals surface area contributed by atoms with Crippen LogP contribution in [0.4, 0.5) is 5.69 Å². The Morgan fingerprint density at radius 3 is 2.40 bits per heavy atom. The molecule has 4 N–H and O–H groups in total. The van der Waals surface area contributed by atoms with Crippen molar-refractivity contribution in [1.82, 2.24) is 5.32 Å². The van der Waals surface area contributed by atoms with Gasteiger partial charge in [-0.05, 0) is 22.9 Å². The molecule has 0 bridgehead atoms. The SMILES string of the molecule is Br.NCC(=O)NCC(=O)Nc1ccc2ccccc2c1. The molecule has 0 heterocycles. The van der Waals surface area contributed by atoms with Gasteiger partial charge in [0.2, 0.25) is 11.8 Å². The van der Waals surface area contributed by atoms with Crippen LogP contribution in [-0.2, 0) is 9.59 Å². The number of hydrogen-bond acceptors (Lipinski definition) is 3. The maximum atomic E-state index is 11.6. The molecule has 0 saturated carbocycles. The highest BCUT2D eigenvalue weighted by molar-refractivity contribution is 8.93. The van der Waals surface area contributed by atoms with E-state index in [1.54, 1.807) is 0 Å². The molecule has 0 spiro atoms. The van der Waals surface area contributed by atoms with Crippen molar-refractivity contribution in [2.45, 2.75) is 0 Å². The molecule has 0 aliphatic heterocycles. The van der Waals surface area contributed by atoms with Crippen molar-refractivity contribution in [2.75, 3.05) is 18.4 Å². The van der Waals surface area contributed by atoms with Crippen LogP contribution in [0.1, 0.15) is 0 Å². The summed E-state index contributed by atoms with van der Waals surface area (Å²) in [6.07, 6.45) is 0. The second kappa shape index (κ2) is 7.62. The first-order valence-electron chi connectivity index (χ1n) is 5.94. The highest BCUT2D eigenvalue weighted by Crippen LogP contribution is 2.18. The molecule has 0 radical (unpaired) electrons. The van der Waals surface area contributed by atoms with Gasteiger partial charge in [-0.3, -0.25) is 9.59 Å². The van der Waals surface area contributed by atoms with Crippen LogP contribution in [-0.4, -0.2) is 24.9 Å². The van der Waals surface area contributed by atoms with E-state index in [0.717, 1.165) is 10.8 Å². The molecule has 2 rings (SSSR count). The molecule has 0 aromatic heterocycles. The summed E-state index contributed by atoms with van der Waals surface area (Å²) in [4.78, 5) is 22.5. The van der Waals surface area contributed by atoms with E-state index >= 15 is 0 Å². The van der Waals surface area contributed by atoms with Gasteiger partial charge in [0.1, 0.15) is 0 Å². The predicted molar refractivity (Wildman–Crippen MR) is 85.0 cm³/mol. The minimum atomic E-state index is -0.353. The number of carbonyl (C=O) groups excluding carboxylic acids is 2. The fourth-order valence-electron chi connectivity index (χ4n) is 1.72. The van der Waals surface area contributed by atoms with E-state index < -0.39 is 0 Å². The van der Waals surface area contributed by atoms with Gasteiger partial charge in [0.05, 0.1) is 13.1 Å². The first kappa shape index (κ1) is 16.1. The Bertz CT molecular complexity index is 616. The third-order valence-electron chi connectivity index (χ3n) is 2.66. The minimum absolute atomic E-state index is 0. The van der Waals surface area contributed by atoms with E-state index in [2.05, 4.69) is 10.6 Å². The quantitative estimate of drug-likeness (QED) is 0.789. The summed E-state index contributed by atoms with van der Waals surface area (Å²) in [7, 11) is 0. The number of nitrogens with one attached hydrogen (secondary N) is 2. The van der Waals surface area contributed by atoms with Crippen LogP contribution in [0.3, 0.4) is 0 Å². The number of benzene rings is 2. The lowest BCUT2D eigenvalue weighted by molar-refractivity contribution is -0.123. The van der Waals surface area contributed by atoms with Gasteiger partial charge in [0.15, 0.2) is 0 Å². The Balaban J connectivity index is 0.00000200. The fourth-order valence-corrected chi connectivity index (χ4v) is 1.72. The van der Waals surface area contributed by atoms with Crippen molar-refractivity contribution in [1.29, 1.82) is 0 Å². The zero-order valence-corrected chi connectivity index (χ0v) is 12.5. The molecular formula is C14H16BrN3O2. The van der Waals surface area contributed by atoms with Gasteiger partial charge < -0.3 is 16.4 Å². The molecule has 2 aromatic rings. The van der Waals surface area contributed by atoms with Crippen molar-refractivity contribution < 1.29 is 9.59 Å².